The van der Waals surface area contributed by atoms with Crippen molar-refractivity contribution in [2.45, 2.75) is 31.1 Å². The summed E-state index contributed by atoms with van der Waals surface area (Å²) >= 11 is 3.41. The van der Waals surface area contributed by atoms with Crippen LogP contribution in [-0.4, -0.2) is 34.9 Å². The number of hydrogen-bond donors (Lipinski definition) is 1. The van der Waals surface area contributed by atoms with E-state index < -0.39 is 0 Å². The zero-order valence-electron chi connectivity index (χ0n) is 10.7. The average molecular weight is 284 g/mol. The van der Waals surface area contributed by atoms with Crippen molar-refractivity contribution in [3.63, 3.8) is 0 Å². The average Bonchev–Trinajstić information content (AvgIpc) is 3.04. The molecule has 2 unspecified atom stereocenters. The van der Waals surface area contributed by atoms with Gasteiger partial charge in [-0.1, -0.05) is 13.0 Å². The van der Waals surface area contributed by atoms with Gasteiger partial charge in [0.05, 0.1) is 11.8 Å². The fraction of sp³-hybridized carbons (Fsp3) is 0.615. The van der Waals surface area contributed by atoms with Crippen LogP contribution in [0, 0.1) is 0 Å². The third kappa shape index (κ3) is 3.28. The molecule has 2 heterocycles. The second kappa shape index (κ2) is 6.59. The lowest BCUT2D eigenvalue weighted by Crippen LogP contribution is -2.32. The zero-order chi connectivity index (χ0) is 13.0. The molecule has 2 atom stereocenters. The van der Waals surface area contributed by atoms with Gasteiger partial charge in [0.1, 0.15) is 0 Å². The van der Waals surface area contributed by atoms with Gasteiger partial charge in [-0.15, -0.1) is 23.1 Å². The molecule has 1 saturated heterocycles. The summed E-state index contributed by atoms with van der Waals surface area (Å²) < 4.78 is 0. The quantitative estimate of drug-likeness (QED) is 0.903. The highest BCUT2D eigenvalue weighted by atomic mass is 32.2. The molecule has 0 aromatic carbocycles. The summed E-state index contributed by atoms with van der Waals surface area (Å²) in [7, 11) is 0. The third-order valence-electron chi connectivity index (χ3n) is 3.27. The van der Waals surface area contributed by atoms with E-state index >= 15 is 0 Å². The monoisotopic (exact) mass is 284 g/mol. The predicted octanol–water partition coefficient (Wildman–Crippen LogP) is 2.49. The normalized spacial score (nSPS) is 21.2. The van der Waals surface area contributed by atoms with Crippen LogP contribution in [0.15, 0.2) is 17.5 Å². The van der Waals surface area contributed by atoms with E-state index in [0.29, 0.717) is 23.6 Å². The van der Waals surface area contributed by atoms with Crippen molar-refractivity contribution in [3.05, 3.63) is 22.4 Å². The van der Waals surface area contributed by atoms with Crippen LogP contribution in [0.25, 0.3) is 0 Å². The van der Waals surface area contributed by atoms with Crippen molar-refractivity contribution >= 4 is 29.0 Å². The summed E-state index contributed by atoms with van der Waals surface area (Å²) in [6.45, 7) is 3.60. The Bertz CT molecular complexity index is 380. The van der Waals surface area contributed by atoms with Gasteiger partial charge in [-0.3, -0.25) is 4.79 Å². The summed E-state index contributed by atoms with van der Waals surface area (Å²) in [5.74, 6) is 0.816. The van der Waals surface area contributed by atoms with Gasteiger partial charge >= 0.3 is 0 Å². The topological polar surface area (TPSA) is 46.3 Å². The van der Waals surface area contributed by atoms with Crippen LogP contribution in [0.4, 0.5) is 0 Å². The first kappa shape index (κ1) is 13.9. The lowest BCUT2D eigenvalue weighted by atomic mass is 10.2. The van der Waals surface area contributed by atoms with Crippen LogP contribution in [0.1, 0.15) is 30.7 Å². The van der Waals surface area contributed by atoms with Crippen molar-refractivity contribution in [1.29, 1.82) is 0 Å². The molecule has 2 rings (SSSR count). The number of rotatable bonds is 5. The molecule has 1 aliphatic heterocycles. The number of carbonyl (C=O) groups is 1. The van der Waals surface area contributed by atoms with Gasteiger partial charge in [0.25, 0.3) is 0 Å². The molecule has 1 fully saturated rings. The van der Waals surface area contributed by atoms with E-state index in [2.05, 4.69) is 24.4 Å². The molecule has 1 amide bonds. The number of nitrogens with two attached hydrogens (primary N) is 1. The van der Waals surface area contributed by atoms with Gasteiger partial charge in [0.15, 0.2) is 0 Å². The molecule has 1 aromatic heterocycles. The Labute approximate surface area is 117 Å². The number of carbonyl (C=O) groups excluding carboxylic acids is 1. The molecule has 18 heavy (non-hydrogen) atoms. The largest absolute Gasteiger partial charge is 0.334 e. The third-order valence-corrected chi connectivity index (χ3v) is 5.42. The molecule has 1 aromatic rings. The molecule has 100 valence electrons. The Morgan fingerprint density at radius 2 is 2.56 bits per heavy atom. The molecule has 0 radical (unpaired) electrons. The Morgan fingerprint density at radius 3 is 3.22 bits per heavy atom. The SMILES string of the molecule is CC(CN)SCC(=O)N1CCCC1c1cccs1. The van der Waals surface area contributed by atoms with Crippen LogP contribution in [0.5, 0.6) is 0 Å². The maximum absolute atomic E-state index is 12.2. The van der Waals surface area contributed by atoms with Gasteiger partial charge in [-0.05, 0) is 24.3 Å². The first-order valence-corrected chi connectivity index (χ1v) is 8.29. The molecule has 0 saturated carbocycles. The number of nitrogens with zero attached hydrogens (tertiary/aromatic N) is 1. The van der Waals surface area contributed by atoms with Crippen LogP contribution in [0.2, 0.25) is 0 Å². The summed E-state index contributed by atoms with van der Waals surface area (Å²) in [5, 5.41) is 2.44. The highest BCUT2D eigenvalue weighted by Crippen LogP contribution is 2.34. The van der Waals surface area contributed by atoms with Crippen LogP contribution < -0.4 is 5.73 Å². The maximum atomic E-state index is 12.2. The van der Waals surface area contributed by atoms with Crippen molar-refractivity contribution in [3.8, 4) is 0 Å². The minimum atomic E-state index is 0.260. The van der Waals surface area contributed by atoms with Gasteiger partial charge in [0.2, 0.25) is 5.91 Å². The Hall–Kier alpha value is -0.520. The fourth-order valence-corrected chi connectivity index (χ4v) is 3.81. The Morgan fingerprint density at radius 1 is 1.72 bits per heavy atom. The van der Waals surface area contributed by atoms with Crippen LogP contribution >= 0.6 is 23.1 Å². The lowest BCUT2D eigenvalue weighted by Gasteiger charge is -2.24. The first-order chi connectivity index (χ1) is 8.72. The molecule has 0 bridgehead atoms. The Balaban J connectivity index is 1.93. The number of likely N-dealkylation sites (tertiary alicyclic amines) is 1. The van der Waals surface area contributed by atoms with Crippen molar-refractivity contribution in [2.75, 3.05) is 18.8 Å². The van der Waals surface area contributed by atoms with E-state index in [-0.39, 0.29) is 5.91 Å². The minimum absolute atomic E-state index is 0.260. The van der Waals surface area contributed by atoms with Crippen LogP contribution in [0.3, 0.4) is 0 Å². The highest BCUT2D eigenvalue weighted by Gasteiger charge is 2.30. The Kier molecular flexibility index (Phi) is 5.09. The molecule has 0 aliphatic carbocycles. The summed E-state index contributed by atoms with van der Waals surface area (Å²) in [5.41, 5.74) is 5.57. The minimum Gasteiger partial charge on any atom is -0.334 e. The molecule has 2 N–H and O–H groups in total. The molecular weight excluding hydrogens is 264 g/mol. The van der Waals surface area contributed by atoms with E-state index in [1.54, 1.807) is 23.1 Å². The lowest BCUT2D eigenvalue weighted by molar-refractivity contribution is -0.129. The van der Waals surface area contributed by atoms with E-state index in [4.69, 9.17) is 5.73 Å². The molecular formula is C13H20N2OS2. The van der Waals surface area contributed by atoms with Crippen molar-refractivity contribution in [1.82, 2.24) is 4.90 Å². The highest BCUT2D eigenvalue weighted by molar-refractivity contribution is 8.00. The van der Waals surface area contributed by atoms with E-state index in [0.717, 1.165) is 19.4 Å². The van der Waals surface area contributed by atoms with Crippen LogP contribution in [-0.2, 0) is 4.79 Å². The number of thiophene rings is 1. The van der Waals surface area contributed by atoms with E-state index in [9.17, 15) is 4.79 Å². The summed E-state index contributed by atoms with van der Waals surface area (Å²) in [6, 6.07) is 4.51. The van der Waals surface area contributed by atoms with Gasteiger partial charge < -0.3 is 10.6 Å². The van der Waals surface area contributed by atoms with Gasteiger partial charge in [-0.25, -0.2) is 0 Å². The smallest absolute Gasteiger partial charge is 0.233 e. The summed E-state index contributed by atoms with van der Waals surface area (Å²) in [6.07, 6.45) is 2.22. The molecule has 1 aliphatic rings. The fourth-order valence-electron chi connectivity index (χ4n) is 2.21. The molecule has 3 nitrogen and oxygen atoms in total. The predicted molar refractivity (Wildman–Crippen MR) is 79.0 cm³/mol. The van der Waals surface area contributed by atoms with E-state index in [1.165, 1.54) is 4.88 Å². The van der Waals surface area contributed by atoms with E-state index in [1.807, 2.05) is 4.90 Å². The number of hydrogen-bond acceptors (Lipinski definition) is 4. The van der Waals surface area contributed by atoms with Gasteiger partial charge in [-0.2, -0.15) is 0 Å². The second-order valence-electron chi connectivity index (χ2n) is 4.62. The first-order valence-electron chi connectivity index (χ1n) is 6.37. The molecule has 5 heteroatoms. The standard InChI is InChI=1S/C13H20N2OS2/c1-10(8-14)18-9-13(16)15-6-2-4-11(15)12-5-3-7-17-12/h3,5,7,10-11H,2,4,6,8-9,14H2,1H3. The second-order valence-corrected chi connectivity index (χ2v) is 7.02. The van der Waals surface area contributed by atoms with Gasteiger partial charge in [0, 0.05) is 23.2 Å². The van der Waals surface area contributed by atoms with Crippen molar-refractivity contribution < 1.29 is 4.79 Å². The number of thioether (sulfide) groups is 1. The maximum Gasteiger partial charge on any atom is 0.233 e. The number of amides is 1. The molecule has 0 spiro atoms. The summed E-state index contributed by atoms with van der Waals surface area (Å²) in [4.78, 5) is 15.6. The van der Waals surface area contributed by atoms with Crippen molar-refractivity contribution in [2.24, 2.45) is 5.73 Å². The zero-order valence-corrected chi connectivity index (χ0v) is 12.3.